The fourth-order valence-electron chi connectivity index (χ4n) is 3.50. The van der Waals surface area contributed by atoms with Gasteiger partial charge in [-0.25, -0.2) is 4.99 Å². The Labute approximate surface area is 133 Å². The molecule has 0 aromatic carbocycles. The number of nitrogens with one attached hydrogen (secondary N) is 2. The van der Waals surface area contributed by atoms with E-state index in [-0.39, 0.29) is 12.5 Å². The van der Waals surface area contributed by atoms with E-state index >= 15 is 0 Å². The molecule has 1 heterocycles. The lowest BCUT2D eigenvalue weighted by atomic mass is 9.95. The summed E-state index contributed by atoms with van der Waals surface area (Å²) in [6.45, 7) is 5.37. The Morgan fingerprint density at radius 1 is 1.23 bits per heavy atom. The summed E-state index contributed by atoms with van der Waals surface area (Å²) < 4.78 is 0. The van der Waals surface area contributed by atoms with Crippen LogP contribution in [-0.4, -0.2) is 55.0 Å². The summed E-state index contributed by atoms with van der Waals surface area (Å²) in [5.41, 5.74) is 5.86. The van der Waals surface area contributed by atoms with Crippen molar-refractivity contribution < 1.29 is 4.79 Å². The van der Waals surface area contributed by atoms with Gasteiger partial charge in [-0.3, -0.25) is 9.69 Å². The van der Waals surface area contributed by atoms with Crippen molar-refractivity contribution in [3.05, 3.63) is 0 Å². The first-order valence-electron chi connectivity index (χ1n) is 8.76. The molecule has 4 N–H and O–H groups in total. The van der Waals surface area contributed by atoms with Gasteiger partial charge in [-0.2, -0.15) is 0 Å². The van der Waals surface area contributed by atoms with E-state index in [4.69, 9.17) is 5.73 Å². The van der Waals surface area contributed by atoms with E-state index in [0.717, 1.165) is 25.9 Å². The molecule has 2 rings (SSSR count). The average molecular weight is 309 g/mol. The zero-order valence-electron chi connectivity index (χ0n) is 13.8. The highest BCUT2D eigenvalue weighted by Crippen LogP contribution is 2.17. The van der Waals surface area contributed by atoms with E-state index in [0.29, 0.717) is 18.0 Å². The second-order valence-electron chi connectivity index (χ2n) is 6.41. The summed E-state index contributed by atoms with van der Waals surface area (Å²) in [6, 6.07) is 0.872. The molecule has 0 bridgehead atoms. The number of nitrogens with zero attached hydrogens (tertiary/aromatic N) is 2. The lowest BCUT2D eigenvalue weighted by Crippen LogP contribution is -2.43. The lowest BCUT2D eigenvalue weighted by Gasteiger charge is -2.23. The van der Waals surface area contributed by atoms with Crippen LogP contribution in [0.25, 0.3) is 0 Å². The van der Waals surface area contributed by atoms with Crippen LogP contribution < -0.4 is 16.4 Å². The van der Waals surface area contributed by atoms with Crippen molar-refractivity contribution in [1.82, 2.24) is 15.5 Å². The van der Waals surface area contributed by atoms with Crippen LogP contribution in [0.15, 0.2) is 4.99 Å². The van der Waals surface area contributed by atoms with Crippen molar-refractivity contribution in [3.8, 4) is 0 Å². The molecule has 1 unspecified atom stereocenters. The highest BCUT2D eigenvalue weighted by Gasteiger charge is 2.22. The minimum atomic E-state index is -0.0206. The summed E-state index contributed by atoms with van der Waals surface area (Å²) in [5.74, 6) is 0.356. The van der Waals surface area contributed by atoms with Gasteiger partial charge in [-0.15, -0.1) is 0 Å². The van der Waals surface area contributed by atoms with Crippen LogP contribution >= 0.6 is 0 Å². The number of guanidine groups is 1. The molecule has 0 aromatic heterocycles. The van der Waals surface area contributed by atoms with Gasteiger partial charge < -0.3 is 16.4 Å². The van der Waals surface area contributed by atoms with Crippen molar-refractivity contribution in [2.75, 3.05) is 26.2 Å². The van der Waals surface area contributed by atoms with Gasteiger partial charge in [0.25, 0.3) is 0 Å². The second-order valence-corrected chi connectivity index (χ2v) is 6.41. The third-order valence-corrected chi connectivity index (χ3v) is 4.79. The predicted molar refractivity (Wildman–Crippen MR) is 89.8 cm³/mol. The molecule has 0 radical (unpaired) electrons. The predicted octanol–water partition coefficient (Wildman–Crippen LogP) is 0.824. The summed E-state index contributed by atoms with van der Waals surface area (Å²) in [5, 5.41) is 6.20. The normalized spacial score (nSPS) is 24.4. The molecule has 126 valence electrons. The van der Waals surface area contributed by atoms with E-state index in [1.54, 1.807) is 0 Å². The Bertz CT molecular complexity index is 379. The van der Waals surface area contributed by atoms with Crippen LogP contribution in [0.3, 0.4) is 0 Å². The van der Waals surface area contributed by atoms with Gasteiger partial charge in [-0.1, -0.05) is 26.2 Å². The van der Waals surface area contributed by atoms with Crippen molar-refractivity contribution in [2.45, 2.75) is 64.0 Å². The Morgan fingerprint density at radius 3 is 2.73 bits per heavy atom. The zero-order chi connectivity index (χ0) is 15.8. The molecule has 1 saturated heterocycles. The molecule has 0 aromatic rings. The molecule has 2 aliphatic rings. The van der Waals surface area contributed by atoms with Gasteiger partial charge in [0.05, 0.1) is 0 Å². The molecule has 2 fully saturated rings. The van der Waals surface area contributed by atoms with Gasteiger partial charge in [0.2, 0.25) is 5.91 Å². The molecule has 22 heavy (non-hydrogen) atoms. The fourth-order valence-corrected chi connectivity index (χ4v) is 3.50. The smallest absolute Gasteiger partial charge is 0.242 e. The number of hydrogen-bond acceptors (Lipinski definition) is 3. The van der Waals surface area contributed by atoms with Crippen LogP contribution in [0, 0.1) is 0 Å². The third kappa shape index (κ3) is 5.48. The number of likely N-dealkylation sites (N-methyl/N-ethyl adjacent to an activating group) is 1. The first-order valence-corrected chi connectivity index (χ1v) is 8.76. The van der Waals surface area contributed by atoms with Gasteiger partial charge in [0.1, 0.15) is 6.54 Å². The van der Waals surface area contributed by atoms with Crippen LogP contribution in [0.4, 0.5) is 0 Å². The lowest BCUT2D eigenvalue weighted by molar-refractivity contribution is -0.120. The number of amides is 1. The molecule has 1 saturated carbocycles. The standard InChI is InChI=1S/C16H31N5O/c1-2-21-10-6-9-14(21)11-18-16(17)19-12-15(22)20-13-7-4-3-5-8-13/h13-14H,2-12H2,1H3,(H,20,22)(H3,17,18,19). The van der Waals surface area contributed by atoms with Crippen LogP contribution in [0.1, 0.15) is 51.9 Å². The minimum absolute atomic E-state index is 0.0206. The number of nitrogens with two attached hydrogens (primary N) is 1. The number of carbonyl (C=O) groups excluding carboxylic acids is 1. The number of rotatable bonds is 6. The number of carbonyl (C=O) groups is 1. The minimum Gasteiger partial charge on any atom is -0.370 e. The van der Waals surface area contributed by atoms with Crippen molar-refractivity contribution >= 4 is 11.9 Å². The molecule has 0 spiro atoms. The average Bonchev–Trinajstić information content (AvgIpc) is 2.99. The summed E-state index contributed by atoms with van der Waals surface area (Å²) in [6.07, 6.45) is 8.37. The SMILES string of the molecule is CCN1CCCC1CNC(N)=NCC(=O)NC1CCCCC1. The Kier molecular flexibility index (Phi) is 6.96. The quantitative estimate of drug-likeness (QED) is 0.501. The largest absolute Gasteiger partial charge is 0.370 e. The van der Waals surface area contributed by atoms with Crippen molar-refractivity contribution in [1.29, 1.82) is 0 Å². The van der Waals surface area contributed by atoms with Gasteiger partial charge >= 0.3 is 0 Å². The first kappa shape index (κ1) is 17.1. The third-order valence-electron chi connectivity index (χ3n) is 4.79. The second kappa shape index (κ2) is 8.98. The van der Waals surface area contributed by atoms with Crippen molar-refractivity contribution in [3.63, 3.8) is 0 Å². The Morgan fingerprint density at radius 2 is 2.00 bits per heavy atom. The van der Waals surface area contributed by atoms with Gasteiger partial charge in [0.15, 0.2) is 5.96 Å². The van der Waals surface area contributed by atoms with E-state index in [2.05, 4.69) is 27.4 Å². The van der Waals surface area contributed by atoms with E-state index < -0.39 is 0 Å². The van der Waals surface area contributed by atoms with Gasteiger partial charge in [0, 0.05) is 18.6 Å². The number of likely N-dealkylation sites (tertiary alicyclic amines) is 1. The monoisotopic (exact) mass is 309 g/mol. The maximum Gasteiger partial charge on any atom is 0.242 e. The Hall–Kier alpha value is -1.30. The summed E-state index contributed by atoms with van der Waals surface area (Å²) in [7, 11) is 0. The molecular weight excluding hydrogens is 278 g/mol. The molecule has 1 atom stereocenters. The highest BCUT2D eigenvalue weighted by atomic mass is 16.1. The van der Waals surface area contributed by atoms with E-state index in [9.17, 15) is 4.79 Å². The summed E-state index contributed by atoms with van der Waals surface area (Å²) >= 11 is 0. The van der Waals surface area contributed by atoms with E-state index in [1.165, 1.54) is 38.6 Å². The molecule has 1 amide bonds. The van der Waals surface area contributed by atoms with Crippen LogP contribution in [-0.2, 0) is 4.79 Å². The maximum absolute atomic E-state index is 11.9. The molecule has 6 nitrogen and oxygen atoms in total. The molecule has 1 aliphatic carbocycles. The Balaban J connectivity index is 1.64. The van der Waals surface area contributed by atoms with Crippen molar-refractivity contribution in [2.24, 2.45) is 10.7 Å². The van der Waals surface area contributed by atoms with Gasteiger partial charge in [-0.05, 0) is 38.8 Å². The topological polar surface area (TPSA) is 82.8 Å². The zero-order valence-corrected chi connectivity index (χ0v) is 13.8. The number of hydrogen-bond donors (Lipinski definition) is 3. The molecule has 1 aliphatic heterocycles. The van der Waals surface area contributed by atoms with Crippen LogP contribution in [0.2, 0.25) is 0 Å². The van der Waals surface area contributed by atoms with E-state index in [1.807, 2.05) is 0 Å². The van der Waals surface area contributed by atoms with Crippen LogP contribution in [0.5, 0.6) is 0 Å². The summed E-state index contributed by atoms with van der Waals surface area (Å²) in [4.78, 5) is 18.5. The molecular formula is C16H31N5O. The maximum atomic E-state index is 11.9. The first-order chi connectivity index (χ1) is 10.7. The highest BCUT2D eigenvalue weighted by molar-refractivity contribution is 5.84. The number of aliphatic imine (C=N–C) groups is 1. The fraction of sp³-hybridized carbons (Fsp3) is 0.875. The molecule has 6 heteroatoms.